The second-order valence-corrected chi connectivity index (χ2v) is 4.32. The molecule has 1 rings (SSSR count). The summed E-state index contributed by atoms with van der Waals surface area (Å²) in [6.45, 7) is 3.09. The maximum absolute atomic E-state index is 13.2. The van der Waals surface area contributed by atoms with Crippen molar-refractivity contribution in [2.75, 3.05) is 38.9 Å². The fourth-order valence-corrected chi connectivity index (χ4v) is 1.87. The fraction of sp³-hybridized carbons (Fsp3) is 0.538. The summed E-state index contributed by atoms with van der Waals surface area (Å²) in [5, 5.41) is 9.18. The van der Waals surface area contributed by atoms with Gasteiger partial charge in [-0.05, 0) is 13.0 Å². The molecule has 1 heterocycles. The molecule has 6 nitrogen and oxygen atoms in total. The Bertz CT molecular complexity index is 456. The summed E-state index contributed by atoms with van der Waals surface area (Å²) in [6, 6.07) is 0.843. The number of carboxylic acids is 1. The Labute approximate surface area is 117 Å². The van der Waals surface area contributed by atoms with Gasteiger partial charge in [-0.15, -0.1) is 0 Å². The van der Waals surface area contributed by atoms with Crippen LogP contribution in [0.3, 0.4) is 0 Å². The number of pyridine rings is 1. The predicted octanol–water partition coefficient (Wildman–Crippen LogP) is 1.41. The number of hydrogen-bond donors (Lipinski definition) is 1. The van der Waals surface area contributed by atoms with Gasteiger partial charge >= 0.3 is 5.97 Å². The van der Waals surface area contributed by atoms with Gasteiger partial charge in [-0.25, -0.2) is 14.2 Å². The van der Waals surface area contributed by atoms with Gasteiger partial charge in [0.25, 0.3) is 0 Å². The highest BCUT2D eigenvalue weighted by molar-refractivity contribution is 5.93. The summed E-state index contributed by atoms with van der Waals surface area (Å²) in [5.41, 5.74) is -0.177. The molecule has 0 amide bonds. The molecular formula is C13H19FN2O4. The highest BCUT2D eigenvalue weighted by Crippen LogP contribution is 2.21. The summed E-state index contributed by atoms with van der Waals surface area (Å²) in [4.78, 5) is 16.9. The van der Waals surface area contributed by atoms with Crippen LogP contribution in [-0.4, -0.2) is 56.1 Å². The average Bonchev–Trinajstić information content (AvgIpc) is 2.40. The van der Waals surface area contributed by atoms with E-state index in [1.54, 1.807) is 19.1 Å². The first-order valence-electron chi connectivity index (χ1n) is 6.14. The van der Waals surface area contributed by atoms with Crippen LogP contribution >= 0.6 is 0 Å². The third-order valence-corrected chi connectivity index (χ3v) is 2.81. The second-order valence-electron chi connectivity index (χ2n) is 4.32. The Morgan fingerprint density at radius 1 is 1.50 bits per heavy atom. The molecule has 1 N–H and O–H groups in total. The number of hydrogen-bond acceptors (Lipinski definition) is 5. The summed E-state index contributed by atoms with van der Waals surface area (Å²) in [5.74, 6) is -1.70. The third-order valence-electron chi connectivity index (χ3n) is 2.81. The van der Waals surface area contributed by atoms with E-state index in [0.29, 0.717) is 19.8 Å². The van der Waals surface area contributed by atoms with E-state index in [4.69, 9.17) is 9.47 Å². The minimum Gasteiger partial charge on any atom is -0.478 e. The Morgan fingerprint density at radius 2 is 2.20 bits per heavy atom. The number of carboxylic acid groups (broad SMARTS) is 1. The highest BCUT2D eigenvalue weighted by Gasteiger charge is 2.22. The molecule has 1 unspecified atom stereocenters. The second kappa shape index (κ2) is 7.76. The number of anilines is 1. The SMILES string of the molecule is COCCN(c1ncc(F)cc1C(=O)O)C(C)COC. The molecule has 0 aromatic carbocycles. The molecule has 0 spiro atoms. The van der Waals surface area contributed by atoms with Crippen LogP contribution in [0.5, 0.6) is 0 Å². The number of rotatable bonds is 8. The first-order valence-corrected chi connectivity index (χ1v) is 6.14. The lowest BCUT2D eigenvalue weighted by Crippen LogP contribution is -2.40. The summed E-state index contributed by atoms with van der Waals surface area (Å²) in [7, 11) is 3.11. The molecule has 112 valence electrons. The number of ether oxygens (including phenoxy) is 2. The Kier molecular flexibility index (Phi) is 6.33. The number of aromatic carboxylic acids is 1. The molecular weight excluding hydrogens is 267 g/mol. The average molecular weight is 286 g/mol. The van der Waals surface area contributed by atoms with Crippen molar-refractivity contribution in [1.29, 1.82) is 0 Å². The topological polar surface area (TPSA) is 71.9 Å². The molecule has 1 aromatic heterocycles. The smallest absolute Gasteiger partial charge is 0.339 e. The van der Waals surface area contributed by atoms with Crippen molar-refractivity contribution in [3.05, 3.63) is 23.6 Å². The molecule has 0 aliphatic rings. The molecule has 0 aliphatic heterocycles. The number of halogens is 1. The molecule has 7 heteroatoms. The van der Waals surface area contributed by atoms with E-state index < -0.39 is 11.8 Å². The monoisotopic (exact) mass is 286 g/mol. The molecule has 0 bridgehead atoms. The van der Waals surface area contributed by atoms with Gasteiger partial charge in [0.1, 0.15) is 17.2 Å². The first-order chi connectivity index (χ1) is 9.51. The molecule has 0 aliphatic carbocycles. The van der Waals surface area contributed by atoms with Gasteiger partial charge in [-0.1, -0.05) is 0 Å². The van der Waals surface area contributed by atoms with Crippen molar-refractivity contribution < 1.29 is 23.8 Å². The van der Waals surface area contributed by atoms with E-state index in [9.17, 15) is 14.3 Å². The van der Waals surface area contributed by atoms with Gasteiger partial charge in [0, 0.05) is 20.8 Å². The van der Waals surface area contributed by atoms with E-state index in [1.807, 2.05) is 6.92 Å². The zero-order chi connectivity index (χ0) is 15.1. The quantitative estimate of drug-likeness (QED) is 0.779. The van der Waals surface area contributed by atoms with Crippen LogP contribution in [0.15, 0.2) is 12.3 Å². The minimum atomic E-state index is -1.22. The van der Waals surface area contributed by atoms with Crippen molar-refractivity contribution in [2.24, 2.45) is 0 Å². The van der Waals surface area contributed by atoms with Crippen LogP contribution in [0, 0.1) is 5.82 Å². The van der Waals surface area contributed by atoms with Gasteiger partial charge in [0.05, 0.1) is 25.5 Å². The van der Waals surface area contributed by atoms with E-state index in [-0.39, 0.29) is 17.4 Å². The molecule has 0 fully saturated rings. The molecule has 1 aromatic rings. The van der Waals surface area contributed by atoms with E-state index in [0.717, 1.165) is 12.3 Å². The Morgan fingerprint density at radius 3 is 2.75 bits per heavy atom. The molecule has 20 heavy (non-hydrogen) atoms. The lowest BCUT2D eigenvalue weighted by molar-refractivity contribution is 0.0696. The van der Waals surface area contributed by atoms with Gasteiger partial charge in [0.2, 0.25) is 0 Å². The normalized spacial score (nSPS) is 12.2. The number of nitrogens with zero attached hydrogens (tertiary/aromatic N) is 2. The van der Waals surface area contributed by atoms with Crippen LogP contribution < -0.4 is 4.90 Å². The summed E-state index contributed by atoms with van der Waals surface area (Å²) >= 11 is 0. The third kappa shape index (κ3) is 4.14. The summed E-state index contributed by atoms with van der Waals surface area (Å²) < 4.78 is 23.3. The predicted molar refractivity (Wildman–Crippen MR) is 71.7 cm³/mol. The van der Waals surface area contributed by atoms with Crippen molar-refractivity contribution in [2.45, 2.75) is 13.0 Å². The van der Waals surface area contributed by atoms with Crippen LogP contribution in [0.1, 0.15) is 17.3 Å². The largest absolute Gasteiger partial charge is 0.478 e. The number of aromatic nitrogens is 1. The van der Waals surface area contributed by atoms with Crippen molar-refractivity contribution in [3.63, 3.8) is 0 Å². The van der Waals surface area contributed by atoms with E-state index >= 15 is 0 Å². The lowest BCUT2D eigenvalue weighted by atomic mass is 10.2. The van der Waals surface area contributed by atoms with Gasteiger partial charge in [-0.3, -0.25) is 0 Å². The zero-order valence-electron chi connectivity index (χ0n) is 11.8. The minimum absolute atomic E-state index is 0.119. The van der Waals surface area contributed by atoms with Crippen LogP contribution in [0.25, 0.3) is 0 Å². The van der Waals surface area contributed by atoms with Crippen LogP contribution in [0.2, 0.25) is 0 Å². The molecule has 0 radical (unpaired) electrons. The fourth-order valence-electron chi connectivity index (χ4n) is 1.87. The zero-order valence-corrected chi connectivity index (χ0v) is 11.8. The lowest BCUT2D eigenvalue weighted by Gasteiger charge is -2.30. The Hall–Kier alpha value is -1.73. The maximum Gasteiger partial charge on any atom is 0.339 e. The first kappa shape index (κ1) is 16.3. The molecule has 1 atom stereocenters. The van der Waals surface area contributed by atoms with E-state index in [1.165, 1.54) is 0 Å². The van der Waals surface area contributed by atoms with Gasteiger partial charge < -0.3 is 19.5 Å². The van der Waals surface area contributed by atoms with Crippen LogP contribution in [-0.2, 0) is 9.47 Å². The number of carbonyl (C=O) groups is 1. The molecule has 0 saturated carbocycles. The van der Waals surface area contributed by atoms with Gasteiger partial charge in [-0.2, -0.15) is 0 Å². The summed E-state index contributed by atoms with van der Waals surface area (Å²) in [6.07, 6.45) is 1.00. The van der Waals surface area contributed by atoms with E-state index in [2.05, 4.69) is 4.98 Å². The number of methoxy groups -OCH3 is 2. The maximum atomic E-state index is 13.2. The van der Waals surface area contributed by atoms with Crippen molar-refractivity contribution >= 4 is 11.8 Å². The van der Waals surface area contributed by atoms with Crippen LogP contribution in [0.4, 0.5) is 10.2 Å². The van der Waals surface area contributed by atoms with Crippen molar-refractivity contribution in [3.8, 4) is 0 Å². The molecule has 0 saturated heterocycles. The highest BCUT2D eigenvalue weighted by atomic mass is 19.1. The Balaban J connectivity index is 3.14. The van der Waals surface area contributed by atoms with Gasteiger partial charge in [0.15, 0.2) is 0 Å². The van der Waals surface area contributed by atoms with Crippen molar-refractivity contribution in [1.82, 2.24) is 4.98 Å². The standard InChI is InChI=1S/C13H19FN2O4/c1-9(8-20-3)16(4-5-19-2)12-11(13(17)18)6-10(14)7-15-12/h6-7,9H,4-5,8H2,1-3H3,(H,17,18).